The summed E-state index contributed by atoms with van der Waals surface area (Å²) in [7, 11) is 0. The van der Waals surface area contributed by atoms with E-state index >= 15 is 0 Å². The number of nitrogens with one attached hydrogen (secondary N) is 2. The third kappa shape index (κ3) is 5.34. The van der Waals surface area contributed by atoms with Crippen molar-refractivity contribution in [2.45, 2.75) is 45.1 Å². The summed E-state index contributed by atoms with van der Waals surface area (Å²) in [4.78, 5) is 39.5. The van der Waals surface area contributed by atoms with Crippen molar-refractivity contribution in [1.29, 1.82) is 5.26 Å². The summed E-state index contributed by atoms with van der Waals surface area (Å²) in [5, 5.41) is 15.0. The van der Waals surface area contributed by atoms with Crippen LogP contribution in [0.3, 0.4) is 0 Å². The summed E-state index contributed by atoms with van der Waals surface area (Å²) in [6.45, 7) is 4.54. The summed E-state index contributed by atoms with van der Waals surface area (Å²) in [6, 6.07) is 5.04. The Morgan fingerprint density at radius 2 is 1.94 bits per heavy atom. The van der Waals surface area contributed by atoms with E-state index in [2.05, 4.69) is 15.4 Å². The largest absolute Gasteiger partial charge is 0.573 e. The Hall–Kier alpha value is -3.49. The Morgan fingerprint density at radius 3 is 2.53 bits per heavy atom. The lowest BCUT2D eigenvalue weighted by Gasteiger charge is -2.30. The van der Waals surface area contributed by atoms with Gasteiger partial charge in [-0.3, -0.25) is 14.4 Å². The number of rotatable bonds is 8. The standard InChI is InChI=1S/C24H27F3N4O5/c1-23(2)17-11-31(18(32)12-35-15-3-5-16(6-4-15)36-24(25,26)27)20(19(17)23)22(34)30-14(10-28)9-13-7-8-29-21(13)33/h3-6,13-14,17,19-20H,7-9,11-12H2,1-2H3,(H,29,33)(H,30,34)/t13-,14-,17?,19-,20-/m0/s1. The van der Waals surface area contributed by atoms with Crippen LogP contribution in [0.2, 0.25) is 0 Å². The van der Waals surface area contributed by atoms with Crippen LogP contribution in [0.1, 0.15) is 26.7 Å². The van der Waals surface area contributed by atoms with Crippen LogP contribution in [0.5, 0.6) is 11.5 Å². The van der Waals surface area contributed by atoms with E-state index in [-0.39, 0.29) is 41.2 Å². The van der Waals surface area contributed by atoms with Crippen LogP contribution < -0.4 is 20.1 Å². The first-order valence-corrected chi connectivity index (χ1v) is 11.7. The van der Waals surface area contributed by atoms with Crippen LogP contribution in [0.25, 0.3) is 0 Å². The number of benzene rings is 1. The van der Waals surface area contributed by atoms with Crippen molar-refractivity contribution in [3.8, 4) is 17.6 Å². The molecule has 12 heteroatoms. The van der Waals surface area contributed by atoms with E-state index in [1.54, 1.807) is 0 Å². The normalized spacial score (nSPS) is 26.9. The molecule has 0 radical (unpaired) electrons. The van der Waals surface area contributed by atoms with Gasteiger partial charge in [0, 0.05) is 19.0 Å². The van der Waals surface area contributed by atoms with E-state index in [1.807, 2.05) is 19.9 Å². The second kappa shape index (κ2) is 9.52. The number of halogens is 3. The number of carbonyl (C=O) groups is 3. The predicted molar refractivity (Wildman–Crippen MR) is 118 cm³/mol. The van der Waals surface area contributed by atoms with E-state index < -0.39 is 42.6 Å². The zero-order valence-corrected chi connectivity index (χ0v) is 19.8. The molecule has 4 rings (SSSR count). The molecular formula is C24H27F3N4O5. The molecule has 2 heterocycles. The van der Waals surface area contributed by atoms with Gasteiger partial charge in [-0.25, -0.2) is 0 Å². The maximum atomic E-state index is 13.2. The SMILES string of the molecule is CC1(C)C2CN(C(=O)COc3ccc(OC(F)(F)F)cc3)[C@H](C(=O)N[C@H](C#N)C[C@@H]3CCNC3=O)[C@H]21. The lowest BCUT2D eigenvalue weighted by molar-refractivity contribution is -0.274. The van der Waals surface area contributed by atoms with Gasteiger partial charge in [-0.2, -0.15) is 5.26 Å². The Balaban J connectivity index is 1.37. The molecule has 1 aromatic carbocycles. The molecule has 3 aliphatic rings. The predicted octanol–water partition coefficient (Wildman–Crippen LogP) is 1.98. The molecule has 194 valence electrons. The van der Waals surface area contributed by atoms with Crippen LogP contribution in [-0.2, 0) is 14.4 Å². The molecule has 0 spiro atoms. The second-order valence-corrected chi connectivity index (χ2v) is 9.96. The van der Waals surface area contributed by atoms with Gasteiger partial charge in [-0.05, 0) is 54.4 Å². The first-order valence-electron chi connectivity index (χ1n) is 11.7. The number of amides is 3. The number of piperidine rings is 1. The van der Waals surface area contributed by atoms with E-state index in [1.165, 1.54) is 17.0 Å². The zero-order valence-electron chi connectivity index (χ0n) is 19.8. The Labute approximate surface area is 205 Å². The molecule has 0 bridgehead atoms. The monoisotopic (exact) mass is 508 g/mol. The number of likely N-dealkylation sites (tertiary alicyclic amines) is 1. The quantitative estimate of drug-likeness (QED) is 0.554. The molecule has 5 atom stereocenters. The van der Waals surface area contributed by atoms with Gasteiger partial charge in [0.2, 0.25) is 11.8 Å². The Morgan fingerprint density at radius 1 is 1.28 bits per heavy atom. The highest BCUT2D eigenvalue weighted by molar-refractivity contribution is 5.90. The van der Waals surface area contributed by atoms with Crippen molar-refractivity contribution in [2.75, 3.05) is 19.7 Å². The maximum absolute atomic E-state index is 13.2. The van der Waals surface area contributed by atoms with Gasteiger partial charge in [0.05, 0.1) is 6.07 Å². The third-order valence-electron chi connectivity index (χ3n) is 7.37. The highest BCUT2D eigenvalue weighted by atomic mass is 19.4. The summed E-state index contributed by atoms with van der Waals surface area (Å²) in [5.74, 6) is -1.57. The van der Waals surface area contributed by atoms with Crippen molar-refractivity contribution < 1.29 is 37.0 Å². The summed E-state index contributed by atoms with van der Waals surface area (Å²) >= 11 is 0. The lowest BCUT2D eigenvalue weighted by Crippen LogP contribution is -2.53. The van der Waals surface area contributed by atoms with Crippen LogP contribution in [0.15, 0.2) is 24.3 Å². The average Bonchev–Trinajstić information content (AvgIpc) is 3.16. The molecule has 3 fully saturated rings. The molecule has 1 aliphatic carbocycles. The highest BCUT2D eigenvalue weighted by Crippen LogP contribution is 2.64. The molecule has 1 saturated carbocycles. The van der Waals surface area contributed by atoms with Crippen LogP contribution in [0.4, 0.5) is 13.2 Å². The molecule has 36 heavy (non-hydrogen) atoms. The number of fused-ring (bicyclic) bond motifs is 1. The maximum Gasteiger partial charge on any atom is 0.573 e. The van der Waals surface area contributed by atoms with Crippen molar-refractivity contribution in [2.24, 2.45) is 23.2 Å². The van der Waals surface area contributed by atoms with Gasteiger partial charge in [0.15, 0.2) is 6.61 Å². The number of nitrogens with zero attached hydrogens (tertiary/aromatic N) is 2. The van der Waals surface area contributed by atoms with Crippen LogP contribution in [-0.4, -0.2) is 60.8 Å². The van der Waals surface area contributed by atoms with Gasteiger partial charge >= 0.3 is 6.36 Å². The third-order valence-corrected chi connectivity index (χ3v) is 7.37. The van der Waals surface area contributed by atoms with Crippen molar-refractivity contribution in [3.05, 3.63) is 24.3 Å². The van der Waals surface area contributed by atoms with E-state index in [0.717, 1.165) is 12.1 Å². The van der Waals surface area contributed by atoms with E-state index in [0.29, 0.717) is 19.5 Å². The molecule has 0 aromatic heterocycles. The van der Waals surface area contributed by atoms with Crippen LogP contribution >= 0.6 is 0 Å². The molecule has 9 nitrogen and oxygen atoms in total. The van der Waals surface area contributed by atoms with Crippen molar-refractivity contribution in [3.63, 3.8) is 0 Å². The molecule has 1 unspecified atom stereocenters. The van der Waals surface area contributed by atoms with Gasteiger partial charge in [0.25, 0.3) is 5.91 Å². The highest BCUT2D eigenvalue weighted by Gasteiger charge is 2.69. The first-order chi connectivity index (χ1) is 16.9. The fraction of sp³-hybridized carbons (Fsp3) is 0.583. The molecule has 1 aromatic rings. The fourth-order valence-corrected chi connectivity index (χ4v) is 5.36. The van der Waals surface area contributed by atoms with Gasteiger partial charge in [-0.15, -0.1) is 13.2 Å². The van der Waals surface area contributed by atoms with E-state index in [9.17, 15) is 32.8 Å². The number of nitriles is 1. The number of alkyl halides is 3. The molecular weight excluding hydrogens is 481 g/mol. The lowest BCUT2D eigenvalue weighted by atomic mass is 9.97. The minimum atomic E-state index is -4.81. The summed E-state index contributed by atoms with van der Waals surface area (Å²) in [6.07, 6.45) is -4.02. The molecule has 2 saturated heterocycles. The van der Waals surface area contributed by atoms with Gasteiger partial charge < -0.3 is 25.0 Å². The number of ether oxygens (including phenoxy) is 2. The molecule has 3 amide bonds. The smallest absolute Gasteiger partial charge is 0.484 e. The van der Waals surface area contributed by atoms with Gasteiger partial charge in [0.1, 0.15) is 23.6 Å². The van der Waals surface area contributed by atoms with Crippen molar-refractivity contribution in [1.82, 2.24) is 15.5 Å². The first kappa shape index (κ1) is 25.6. The second-order valence-electron chi connectivity index (χ2n) is 9.96. The molecule has 2 aliphatic heterocycles. The zero-order chi connectivity index (χ0) is 26.3. The average molecular weight is 508 g/mol. The Kier molecular flexibility index (Phi) is 6.77. The van der Waals surface area contributed by atoms with E-state index in [4.69, 9.17) is 4.74 Å². The number of hydrogen-bond acceptors (Lipinski definition) is 6. The van der Waals surface area contributed by atoms with Gasteiger partial charge in [-0.1, -0.05) is 13.8 Å². The topological polar surface area (TPSA) is 121 Å². The summed E-state index contributed by atoms with van der Waals surface area (Å²) in [5.41, 5.74) is -0.137. The summed E-state index contributed by atoms with van der Waals surface area (Å²) < 4.78 is 46.2. The Bertz CT molecular complexity index is 1070. The number of carbonyl (C=O) groups excluding carboxylic acids is 3. The van der Waals surface area contributed by atoms with Crippen molar-refractivity contribution >= 4 is 17.7 Å². The van der Waals surface area contributed by atoms with Crippen LogP contribution in [0, 0.1) is 34.5 Å². The molecule has 2 N–H and O–H groups in total. The minimum absolute atomic E-state index is 0.0747. The number of hydrogen-bond donors (Lipinski definition) is 2. The minimum Gasteiger partial charge on any atom is -0.484 e. The fourth-order valence-electron chi connectivity index (χ4n) is 5.36.